The number of rotatable bonds is 0. The topological polar surface area (TPSA) is 0 Å². The second-order valence-corrected chi connectivity index (χ2v) is 12.1. The van der Waals surface area contributed by atoms with Gasteiger partial charge in [0.1, 0.15) is 0 Å². The molecule has 0 N–H and O–H groups in total. The van der Waals surface area contributed by atoms with Gasteiger partial charge in [-0.25, -0.2) is 0 Å². The summed E-state index contributed by atoms with van der Waals surface area (Å²) in [5.41, 5.74) is 0. The van der Waals surface area contributed by atoms with Crippen LogP contribution in [0.2, 0.25) is 0 Å². The summed E-state index contributed by atoms with van der Waals surface area (Å²) in [5, 5.41) is 0. The first-order valence-electron chi connectivity index (χ1n) is 4.02. The fraction of sp³-hybridized carbons (Fsp3) is 0.818. The molecule has 0 amide bonds. The fourth-order valence-electron chi connectivity index (χ4n) is 0. The maximum Gasteiger partial charge on any atom is 2.00 e. The second kappa shape index (κ2) is 29.7. The minimum atomic E-state index is 0. The van der Waals surface area contributed by atoms with Crippen molar-refractivity contribution in [3.63, 3.8) is 0 Å². The van der Waals surface area contributed by atoms with E-state index in [9.17, 15) is 0 Å². The van der Waals surface area contributed by atoms with Crippen LogP contribution in [0.15, 0.2) is 0 Å². The molecule has 0 aliphatic carbocycles. The Morgan fingerprint density at radius 1 is 0.400 bits per heavy atom. The van der Waals surface area contributed by atoms with Gasteiger partial charge < -0.3 is 14.9 Å². The van der Waals surface area contributed by atoms with Crippen molar-refractivity contribution in [2.24, 2.45) is 0 Å². The molecule has 0 fully saturated rings. The van der Waals surface area contributed by atoms with Crippen LogP contribution in [-0.4, -0.2) is 60.0 Å². The van der Waals surface area contributed by atoms with Crippen molar-refractivity contribution in [2.75, 3.05) is 60.0 Å². The standard InChI is InChI=1S/3C3H9P.2CH3.Ni/c3*1-4(2)3;;;/h3*1-3H3;2*1H3;/q;;;2*-1;+2. The maximum absolute atomic E-state index is 2.23. The van der Waals surface area contributed by atoms with Crippen LogP contribution in [-0.2, 0) is 16.5 Å². The van der Waals surface area contributed by atoms with Crippen molar-refractivity contribution in [3.05, 3.63) is 14.9 Å². The van der Waals surface area contributed by atoms with E-state index < -0.39 is 0 Å². The van der Waals surface area contributed by atoms with E-state index in [4.69, 9.17) is 0 Å². The van der Waals surface area contributed by atoms with Gasteiger partial charge in [0.15, 0.2) is 0 Å². The van der Waals surface area contributed by atoms with E-state index in [1.165, 1.54) is 0 Å². The second-order valence-electron chi connectivity index (χ2n) is 4.02. The van der Waals surface area contributed by atoms with Gasteiger partial charge in [-0.1, -0.05) is 0 Å². The van der Waals surface area contributed by atoms with Crippen molar-refractivity contribution in [2.45, 2.75) is 0 Å². The van der Waals surface area contributed by atoms with Gasteiger partial charge in [0, 0.05) is 0 Å². The van der Waals surface area contributed by atoms with E-state index in [1.807, 2.05) is 0 Å². The third-order valence-corrected chi connectivity index (χ3v) is 0. The summed E-state index contributed by atoms with van der Waals surface area (Å²) in [6, 6.07) is 0. The molecule has 0 aliphatic rings. The van der Waals surface area contributed by atoms with E-state index in [1.54, 1.807) is 0 Å². The van der Waals surface area contributed by atoms with Crippen molar-refractivity contribution in [3.8, 4) is 0 Å². The van der Waals surface area contributed by atoms with E-state index in [0.717, 1.165) is 0 Å². The fourth-order valence-corrected chi connectivity index (χ4v) is 0. The molecule has 0 radical (unpaired) electrons. The first kappa shape index (κ1) is 36.0. The Morgan fingerprint density at radius 3 is 0.400 bits per heavy atom. The molecular weight excluding hydrogens is 284 g/mol. The van der Waals surface area contributed by atoms with Crippen LogP contribution in [0, 0.1) is 14.9 Å². The summed E-state index contributed by atoms with van der Waals surface area (Å²) in [6.07, 6.45) is 0. The molecule has 4 heteroatoms. The predicted octanol–water partition coefficient (Wildman–Crippen LogP) is 4.97. The molecule has 0 aromatic rings. The van der Waals surface area contributed by atoms with Gasteiger partial charge in [0.05, 0.1) is 0 Å². The van der Waals surface area contributed by atoms with Gasteiger partial charge in [0.2, 0.25) is 0 Å². The van der Waals surface area contributed by atoms with Gasteiger partial charge in [-0.15, -0.1) is 23.8 Å². The summed E-state index contributed by atoms with van der Waals surface area (Å²) in [7, 11) is 1.14. The Labute approximate surface area is 115 Å². The first-order chi connectivity index (χ1) is 5.20. The average molecular weight is 317 g/mol. The Kier molecular flexibility index (Phi) is 71.1. The Hall–Kier alpha value is 1.78. The SMILES string of the molecule is CP(C)C.CP(C)C.CP(C)C.[CH3-].[CH3-].[Ni+2]. The largest absolute Gasteiger partial charge is 2.00 e. The van der Waals surface area contributed by atoms with Crippen molar-refractivity contribution >= 4 is 23.8 Å². The Balaban J connectivity index is -0.0000000184. The van der Waals surface area contributed by atoms with E-state index in [-0.39, 0.29) is 31.3 Å². The molecule has 0 saturated heterocycles. The molecule has 0 aliphatic heterocycles. The summed E-state index contributed by atoms with van der Waals surface area (Å²) < 4.78 is 0. The molecular formula is C11H33NiP3. The van der Waals surface area contributed by atoms with Gasteiger partial charge in [0.25, 0.3) is 0 Å². The van der Waals surface area contributed by atoms with E-state index in [2.05, 4.69) is 60.0 Å². The van der Waals surface area contributed by atoms with Gasteiger partial charge in [-0.05, 0) is 60.0 Å². The molecule has 0 aromatic heterocycles. The first-order valence-corrected chi connectivity index (χ1v) is 12.1. The molecule has 0 saturated carbocycles. The molecule has 0 unspecified atom stereocenters. The van der Waals surface area contributed by atoms with Crippen molar-refractivity contribution in [1.29, 1.82) is 0 Å². The summed E-state index contributed by atoms with van der Waals surface area (Å²) in [6.45, 7) is 20.1. The normalized spacial score (nSPS) is 7.20. The molecule has 0 atom stereocenters. The summed E-state index contributed by atoms with van der Waals surface area (Å²) in [5.74, 6) is 0. The van der Waals surface area contributed by atoms with Crippen molar-refractivity contribution in [1.82, 2.24) is 0 Å². The molecule has 102 valence electrons. The van der Waals surface area contributed by atoms with Crippen LogP contribution >= 0.6 is 23.8 Å². The Bertz CT molecular complexity index is 44.3. The van der Waals surface area contributed by atoms with Crippen molar-refractivity contribution < 1.29 is 16.5 Å². The monoisotopic (exact) mass is 316 g/mol. The van der Waals surface area contributed by atoms with Gasteiger partial charge >= 0.3 is 16.5 Å². The third-order valence-electron chi connectivity index (χ3n) is 0. The van der Waals surface area contributed by atoms with E-state index in [0.29, 0.717) is 23.8 Å². The third kappa shape index (κ3) is 943. The average Bonchev–Trinajstić information content (AvgIpc) is 1.54. The zero-order chi connectivity index (χ0) is 10.7. The van der Waals surface area contributed by atoms with Crippen LogP contribution in [0.4, 0.5) is 0 Å². The number of hydrogen-bond acceptors (Lipinski definition) is 0. The van der Waals surface area contributed by atoms with Crippen LogP contribution in [0.5, 0.6) is 0 Å². The molecule has 15 heavy (non-hydrogen) atoms. The molecule has 0 heterocycles. The molecule has 0 aromatic carbocycles. The number of hydrogen-bond donors (Lipinski definition) is 0. The summed E-state index contributed by atoms with van der Waals surface area (Å²) in [4.78, 5) is 0. The van der Waals surface area contributed by atoms with Crippen LogP contribution in [0.1, 0.15) is 0 Å². The molecule has 0 spiro atoms. The summed E-state index contributed by atoms with van der Waals surface area (Å²) >= 11 is 0. The minimum absolute atomic E-state index is 0. The van der Waals surface area contributed by atoms with Gasteiger partial charge in [-0.2, -0.15) is 0 Å². The predicted molar refractivity (Wildman–Crippen MR) is 86.9 cm³/mol. The van der Waals surface area contributed by atoms with Crippen LogP contribution in [0.25, 0.3) is 0 Å². The quantitative estimate of drug-likeness (QED) is 0.336. The zero-order valence-electron chi connectivity index (χ0n) is 12.7. The van der Waals surface area contributed by atoms with E-state index >= 15 is 0 Å². The zero-order valence-corrected chi connectivity index (χ0v) is 16.3. The Morgan fingerprint density at radius 2 is 0.400 bits per heavy atom. The maximum atomic E-state index is 2.23. The minimum Gasteiger partial charge on any atom is -0.358 e. The van der Waals surface area contributed by atoms with Crippen LogP contribution < -0.4 is 0 Å². The van der Waals surface area contributed by atoms with Crippen LogP contribution in [0.3, 0.4) is 0 Å². The molecule has 0 nitrogen and oxygen atoms in total. The van der Waals surface area contributed by atoms with Gasteiger partial charge in [-0.3, -0.25) is 0 Å². The molecule has 0 rings (SSSR count). The smallest absolute Gasteiger partial charge is 0.358 e. The molecule has 0 bridgehead atoms.